The topological polar surface area (TPSA) is 99.1 Å². The van der Waals surface area contributed by atoms with E-state index in [1.54, 1.807) is 35.5 Å². The molecule has 1 aliphatic rings. The van der Waals surface area contributed by atoms with E-state index in [1.807, 2.05) is 30.3 Å². The molecule has 0 saturated carbocycles. The highest BCUT2D eigenvalue weighted by Gasteiger charge is 2.28. The summed E-state index contributed by atoms with van der Waals surface area (Å²) in [6, 6.07) is 15.9. The van der Waals surface area contributed by atoms with Crippen molar-refractivity contribution in [1.29, 1.82) is 0 Å². The van der Waals surface area contributed by atoms with Crippen LogP contribution in [0.15, 0.2) is 84.4 Å². The molecule has 2 heterocycles. The summed E-state index contributed by atoms with van der Waals surface area (Å²) in [6.45, 7) is 6.51. The first-order chi connectivity index (χ1) is 16.9. The summed E-state index contributed by atoms with van der Waals surface area (Å²) in [4.78, 5) is 21.3. The molecule has 1 unspecified atom stereocenters. The molecule has 8 nitrogen and oxygen atoms in total. The Bertz CT molecular complexity index is 1230. The molecule has 1 aliphatic heterocycles. The number of ether oxygens (including phenoxy) is 1. The molecule has 3 N–H and O–H groups in total. The molecule has 2 aromatic carbocycles. The number of hydrogen-bond donors (Lipinski definition) is 3. The van der Waals surface area contributed by atoms with Crippen LogP contribution in [0.1, 0.15) is 18.1 Å². The number of amides is 1. The van der Waals surface area contributed by atoms with E-state index in [1.165, 1.54) is 13.0 Å². The van der Waals surface area contributed by atoms with Gasteiger partial charge in [-0.05, 0) is 48.0 Å². The van der Waals surface area contributed by atoms with Gasteiger partial charge in [0.1, 0.15) is 11.9 Å². The molecule has 0 bridgehead atoms. The van der Waals surface area contributed by atoms with Crippen molar-refractivity contribution in [3.63, 3.8) is 0 Å². The van der Waals surface area contributed by atoms with E-state index in [0.29, 0.717) is 48.2 Å². The second-order valence-corrected chi connectivity index (χ2v) is 8.05. The van der Waals surface area contributed by atoms with E-state index in [9.17, 15) is 10.0 Å². The molecule has 180 valence electrons. The minimum atomic E-state index is -0.365. The zero-order valence-electron chi connectivity index (χ0n) is 19.2. The molecule has 4 rings (SSSR count). The van der Waals surface area contributed by atoms with Crippen molar-refractivity contribution in [3.8, 4) is 11.1 Å². The van der Waals surface area contributed by atoms with E-state index in [-0.39, 0.29) is 17.8 Å². The Kier molecular flexibility index (Phi) is 7.37. The fourth-order valence-corrected chi connectivity index (χ4v) is 3.78. The highest BCUT2D eigenvalue weighted by atomic mass is 19.1. The molecule has 0 spiro atoms. The second-order valence-electron chi connectivity index (χ2n) is 8.05. The van der Waals surface area contributed by atoms with Gasteiger partial charge in [0.25, 0.3) is 0 Å². The number of carbonyl (C=O) groups is 1. The monoisotopic (exact) mass is 475 g/mol. The molecular formula is C26H26FN5O3. The number of pyridine rings is 1. The van der Waals surface area contributed by atoms with Crippen LogP contribution in [0.5, 0.6) is 0 Å². The molecule has 1 aromatic heterocycles. The number of hydrogen-bond acceptors (Lipinski definition) is 6. The van der Waals surface area contributed by atoms with Gasteiger partial charge in [-0.1, -0.05) is 24.3 Å². The number of anilines is 1. The van der Waals surface area contributed by atoms with Crippen molar-refractivity contribution in [1.82, 2.24) is 15.8 Å². The molecule has 0 aliphatic carbocycles. The van der Waals surface area contributed by atoms with Gasteiger partial charge in [-0.25, -0.2) is 4.39 Å². The molecule has 0 radical (unpaired) electrons. The summed E-state index contributed by atoms with van der Waals surface area (Å²) in [5, 5.41) is 12.1. The zero-order valence-corrected chi connectivity index (χ0v) is 19.2. The number of aromatic nitrogens is 1. The molecule has 9 heteroatoms. The maximum atomic E-state index is 15.0. The highest BCUT2D eigenvalue weighted by molar-refractivity contribution is 5.97. The summed E-state index contributed by atoms with van der Waals surface area (Å²) in [6.07, 6.45) is 2.99. The lowest BCUT2D eigenvalue weighted by molar-refractivity contribution is -0.119. The molecule has 1 atom stereocenters. The predicted octanol–water partition coefficient (Wildman–Crippen LogP) is 3.63. The van der Waals surface area contributed by atoms with E-state index in [0.717, 1.165) is 11.1 Å². The van der Waals surface area contributed by atoms with E-state index in [2.05, 4.69) is 27.4 Å². The average Bonchev–Trinajstić information content (AvgIpc) is 3.24. The smallest absolute Gasteiger partial charge is 0.217 e. The molecular weight excluding hydrogens is 449 g/mol. The number of aliphatic imine (C=N–C) groups is 1. The normalized spacial score (nSPS) is 15.6. The maximum Gasteiger partial charge on any atom is 0.217 e. The summed E-state index contributed by atoms with van der Waals surface area (Å²) in [5.41, 5.74) is 5.57. The predicted molar refractivity (Wildman–Crippen MR) is 131 cm³/mol. The fraction of sp³-hybridized carbons (Fsp3) is 0.192. The number of benzene rings is 2. The Morgan fingerprint density at radius 1 is 1.23 bits per heavy atom. The van der Waals surface area contributed by atoms with Crippen molar-refractivity contribution in [2.75, 3.05) is 18.0 Å². The van der Waals surface area contributed by atoms with E-state index in [4.69, 9.17) is 4.74 Å². The molecule has 1 amide bonds. The van der Waals surface area contributed by atoms with Crippen LogP contribution in [0.4, 0.5) is 10.1 Å². The molecule has 1 fully saturated rings. The van der Waals surface area contributed by atoms with Crippen LogP contribution in [0.25, 0.3) is 11.1 Å². The Balaban J connectivity index is 1.44. The van der Waals surface area contributed by atoms with Gasteiger partial charge in [0.15, 0.2) is 11.7 Å². The lowest BCUT2D eigenvalue weighted by atomic mass is 10.0. The first-order valence-electron chi connectivity index (χ1n) is 11.1. The third kappa shape index (κ3) is 5.82. The number of amidine groups is 1. The van der Waals surface area contributed by atoms with Gasteiger partial charge in [-0.2, -0.15) is 0 Å². The van der Waals surface area contributed by atoms with Gasteiger partial charge in [0.05, 0.1) is 19.6 Å². The second kappa shape index (κ2) is 10.8. The Morgan fingerprint density at radius 2 is 1.97 bits per heavy atom. The largest absolute Gasteiger partial charge is 0.472 e. The van der Waals surface area contributed by atoms with Crippen molar-refractivity contribution in [3.05, 3.63) is 96.4 Å². The molecule has 3 aromatic rings. The minimum absolute atomic E-state index is 0.134. The third-order valence-electron chi connectivity index (χ3n) is 5.58. The quantitative estimate of drug-likeness (QED) is 0.274. The van der Waals surface area contributed by atoms with Gasteiger partial charge >= 0.3 is 0 Å². The SMILES string of the molecule is C=C1OC(CNC(C)=O)CN1c1ccc(-c2ccc(CN=C(NO)c3ccncc3)cc2)c(F)c1. The molecule has 1 saturated heterocycles. The summed E-state index contributed by atoms with van der Waals surface area (Å²) in [7, 11) is 0. The third-order valence-corrected chi connectivity index (χ3v) is 5.58. The maximum absolute atomic E-state index is 15.0. The summed E-state index contributed by atoms with van der Waals surface area (Å²) in [5.74, 6) is 0.256. The summed E-state index contributed by atoms with van der Waals surface area (Å²) < 4.78 is 20.7. The van der Waals surface area contributed by atoms with Crippen molar-refractivity contribution in [2.45, 2.75) is 19.6 Å². The van der Waals surface area contributed by atoms with Gasteiger partial charge in [-0.15, -0.1) is 0 Å². The number of halogens is 1. The van der Waals surface area contributed by atoms with Gasteiger partial charge in [0.2, 0.25) is 5.91 Å². The van der Waals surface area contributed by atoms with Crippen LogP contribution < -0.4 is 15.7 Å². The number of nitrogens with one attached hydrogen (secondary N) is 2. The van der Waals surface area contributed by atoms with Crippen LogP contribution >= 0.6 is 0 Å². The van der Waals surface area contributed by atoms with Crippen molar-refractivity contribution >= 4 is 17.4 Å². The Hall–Kier alpha value is -4.24. The standard InChI is InChI=1S/C26H26FN5O3/c1-17(33)29-15-23-16-32(18(2)35-23)22-7-8-24(25(27)13-22)20-5-3-19(4-6-20)14-30-26(31-34)21-9-11-28-12-10-21/h3-13,23,34H,2,14-16H2,1H3,(H,29,33)(H,30,31). The van der Waals surface area contributed by atoms with Crippen LogP contribution in [0.2, 0.25) is 0 Å². The number of nitrogens with zero attached hydrogens (tertiary/aromatic N) is 3. The lowest BCUT2D eigenvalue weighted by Gasteiger charge is -2.17. The zero-order chi connectivity index (χ0) is 24.8. The first kappa shape index (κ1) is 23.9. The van der Waals surface area contributed by atoms with E-state index >= 15 is 4.39 Å². The summed E-state index contributed by atoms with van der Waals surface area (Å²) >= 11 is 0. The number of carbonyl (C=O) groups excluding carboxylic acids is 1. The highest BCUT2D eigenvalue weighted by Crippen LogP contribution is 2.31. The Labute approximate surface area is 202 Å². The van der Waals surface area contributed by atoms with E-state index < -0.39 is 0 Å². The van der Waals surface area contributed by atoms with Gasteiger partial charge < -0.3 is 15.0 Å². The Morgan fingerprint density at radius 3 is 2.63 bits per heavy atom. The first-order valence-corrected chi connectivity index (χ1v) is 11.1. The molecule has 35 heavy (non-hydrogen) atoms. The van der Waals surface area contributed by atoms with Crippen LogP contribution in [0, 0.1) is 5.82 Å². The number of rotatable bonds is 7. The van der Waals surface area contributed by atoms with Gasteiger partial charge in [0, 0.05) is 36.1 Å². The minimum Gasteiger partial charge on any atom is -0.472 e. The van der Waals surface area contributed by atoms with Crippen LogP contribution in [-0.2, 0) is 16.1 Å². The van der Waals surface area contributed by atoms with Crippen LogP contribution in [-0.4, -0.2) is 41.1 Å². The fourth-order valence-electron chi connectivity index (χ4n) is 3.78. The lowest BCUT2D eigenvalue weighted by Crippen LogP contribution is -2.33. The average molecular weight is 476 g/mol. The van der Waals surface area contributed by atoms with Crippen molar-refractivity contribution < 1.29 is 19.1 Å². The number of hydroxylamine groups is 1. The van der Waals surface area contributed by atoms with Crippen LogP contribution in [0.3, 0.4) is 0 Å². The van der Waals surface area contributed by atoms with Gasteiger partial charge in [-0.3, -0.25) is 25.5 Å². The van der Waals surface area contributed by atoms with Crippen molar-refractivity contribution in [2.24, 2.45) is 4.99 Å².